The fourth-order valence-electron chi connectivity index (χ4n) is 11.1. The number of carbonyl (C=O) groups excluding carboxylic acids is 8. The number of nitrogens with zero attached hydrogens (tertiary/aromatic N) is 1. The quantitative estimate of drug-likeness (QED) is 0.0301. The van der Waals surface area contributed by atoms with Crippen LogP contribution in [-0.2, 0) is 65.3 Å². The number of methoxy groups -OCH3 is 2. The average Bonchev–Trinajstić information content (AvgIpc) is 4.13. The molecule has 3 heterocycles. The standard InChI is InChI=1S/C61H83Cl2N5O15/c1-34(2)42(30-41(69)19-11-10-16-36(4)80-57(74)40-17-13-18-40)56(73)66-45(20-14-24-65-58(64)75)47(70)28-38-22-23-44(43(62)26-38)67-59(76)82-51-31-52(71)68(7)46-27-39(29-48(78-8)54(46)63)25-35(3)15-12-21-50(79-9)61(77)32-49(81-53(72)33-61)37(5)55-60(51,6)83-55/h12,15,21-23,26-27,29,34,36-37,40,42,45,49-51,55,77H,10-11,13-14,16-20,24-25,28,30-33H2,1-9H3,(H,66,73)(H,67,76)(H3,64,65,75)/b21-12+,35-15+/t36?,37-,42+,45+,49+,50-,51+,55+,60+,61-/m1/s1. The number of amides is 5. The SMILES string of the molecule is COc1cc2cc(c1Cl)N(C)C(=O)C[C@H](OC(=O)Nc1ccc(CC(=O)[C@H](CCCNC(N)=O)NC(=O)[C@@H](CC(=O)CCCCC(C)OC(=O)C3CCC3)C(C)C)cc1Cl)[C@]1(C)O[C@H]1[C@H](C)[C@@H]1C[C@@](O)(CC(=O)O1)[C@H](OC)/C=C/C=C(\C)C2. The molecule has 3 fully saturated rings. The highest BCUT2D eigenvalue weighted by Crippen LogP contribution is 2.50. The number of hydrogen-bond acceptors (Lipinski definition) is 15. The second kappa shape index (κ2) is 29.6. The third-order valence-electron chi connectivity index (χ3n) is 16.4. The Balaban J connectivity index is 1.15. The van der Waals surface area contributed by atoms with E-state index < -0.39 is 89.8 Å². The number of hydrogen-bond donors (Lipinski definition) is 5. The van der Waals surface area contributed by atoms with Gasteiger partial charge >= 0.3 is 24.1 Å². The van der Waals surface area contributed by atoms with Gasteiger partial charge in [-0.15, -0.1) is 0 Å². The molecular weight excluding hydrogens is 1110 g/mol. The molecule has 1 unspecified atom stereocenters. The Labute approximate surface area is 496 Å². The third-order valence-corrected chi connectivity index (χ3v) is 17.1. The highest BCUT2D eigenvalue weighted by molar-refractivity contribution is 6.35. The summed E-state index contributed by atoms with van der Waals surface area (Å²) in [4.78, 5) is 108. The first-order valence-electron chi connectivity index (χ1n) is 28.7. The molecule has 1 aliphatic carbocycles. The zero-order valence-corrected chi connectivity index (χ0v) is 50.7. The van der Waals surface area contributed by atoms with Gasteiger partial charge < -0.3 is 54.8 Å². The summed E-state index contributed by atoms with van der Waals surface area (Å²) in [6.45, 7) is 11.0. The van der Waals surface area contributed by atoms with Crippen molar-refractivity contribution in [2.75, 3.05) is 38.0 Å². The number of unbranched alkanes of at least 4 members (excludes halogenated alkanes) is 1. The first-order valence-corrected chi connectivity index (χ1v) is 29.4. The van der Waals surface area contributed by atoms with E-state index >= 15 is 0 Å². The monoisotopic (exact) mass is 1200 g/mol. The smallest absolute Gasteiger partial charge is 0.412 e. The molecule has 0 spiro atoms. The molecule has 1 saturated carbocycles. The Bertz CT molecular complexity index is 2770. The molecule has 10 atom stereocenters. The maximum atomic E-state index is 14.4. The number of Topliss-reactive ketones (excluding diaryl/α,β-unsaturated/α-hetero) is 2. The van der Waals surface area contributed by atoms with Crippen LogP contribution in [-0.4, -0.2) is 128 Å². The number of carbonyl (C=O) groups is 8. The number of anilines is 2. The molecule has 6 N–H and O–H groups in total. The van der Waals surface area contributed by atoms with Crippen molar-refractivity contribution < 1.29 is 71.9 Å². The summed E-state index contributed by atoms with van der Waals surface area (Å²) in [5.41, 5.74) is 4.85. The lowest BCUT2D eigenvalue weighted by Gasteiger charge is -2.41. The van der Waals surface area contributed by atoms with Crippen LogP contribution in [0, 0.1) is 23.7 Å². The predicted molar refractivity (Wildman–Crippen MR) is 312 cm³/mol. The lowest BCUT2D eigenvalue weighted by Crippen LogP contribution is -2.53. The number of primary amides is 1. The van der Waals surface area contributed by atoms with Crippen LogP contribution in [0.15, 0.2) is 54.1 Å². The van der Waals surface area contributed by atoms with Crippen molar-refractivity contribution in [3.8, 4) is 5.75 Å². The van der Waals surface area contributed by atoms with Gasteiger partial charge in [0, 0.05) is 58.2 Å². The zero-order chi connectivity index (χ0) is 60.9. The third kappa shape index (κ3) is 18.0. The molecule has 3 aliphatic heterocycles. The second-order valence-corrected chi connectivity index (χ2v) is 24.1. The Morgan fingerprint density at radius 1 is 1.00 bits per heavy atom. The van der Waals surface area contributed by atoms with Crippen molar-refractivity contribution in [1.82, 2.24) is 10.6 Å². The van der Waals surface area contributed by atoms with Crippen LogP contribution in [0.1, 0.15) is 136 Å². The van der Waals surface area contributed by atoms with E-state index in [4.69, 9.17) is 57.4 Å². The van der Waals surface area contributed by atoms with Crippen LogP contribution in [0.2, 0.25) is 10.0 Å². The molecule has 2 aromatic rings. The Hall–Kier alpha value is -6.06. The number of aliphatic hydroxyl groups is 1. The topological polar surface area (TPSA) is 281 Å². The first kappa shape index (κ1) is 66.1. The largest absolute Gasteiger partial charge is 0.495 e. The summed E-state index contributed by atoms with van der Waals surface area (Å²) in [6, 6.07) is 6.31. The number of rotatable bonds is 23. The Morgan fingerprint density at radius 3 is 2.39 bits per heavy atom. The van der Waals surface area contributed by atoms with E-state index in [1.807, 2.05) is 33.8 Å². The van der Waals surface area contributed by atoms with Gasteiger partial charge in [0.05, 0.1) is 60.5 Å². The summed E-state index contributed by atoms with van der Waals surface area (Å²) in [6.07, 6.45) is 5.05. The lowest BCUT2D eigenvalue weighted by atomic mass is 9.78. The fourth-order valence-corrected chi connectivity index (χ4v) is 11.6. The minimum absolute atomic E-state index is 0.00598. The molecule has 0 radical (unpaired) electrons. The van der Waals surface area contributed by atoms with Crippen molar-refractivity contribution in [2.45, 2.75) is 186 Å². The van der Waals surface area contributed by atoms with Gasteiger partial charge in [0.25, 0.3) is 0 Å². The van der Waals surface area contributed by atoms with E-state index in [2.05, 4.69) is 16.0 Å². The van der Waals surface area contributed by atoms with E-state index in [1.165, 1.54) is 31.3 Å². The van der Waals surface area contributed by atoms with E-state index in [0.29, 0.717) is 42.7 Å². The molecule has 5 amide bonds. The number of fused-ring (bicyclic) bond motifs is 5. The van der Waals surface area contributed by atoms with Crippen molar-refractivity contribution >= 4 is 82.0 Å². The van der Waals surface area contributed by atoms with E-state index in [-0.39, 0.29) is 103 Å². The van der Waals surface area contributed by atoms with Crippen LogP contribution in [0.25, 0.3) is 0 Å². The summed E-state index contributed by atoms with van der Waals surface area (Å²) < 4.78 is 35.2. The highest BCUT2D eigenvalue weighted by Gasteiger charge is 2.64. The number of allylic oxidation sites excluding steroid dienone is 3. The molecule has 2 saturated heterocycles. The maximum absolute atomic E-state index is 14.4. The summed E-state index contributed by atoms with van der Waals surface area (Å²) in [5, 5.41) is 20.2. The first-order chi connectivity index (χ1) is 39.2. The number of urea groups is 1. The Kier molecular flexibility index (Phi) is 23.6. The molecule has 0 aromatic heterocycles. The van der Waals surface area contributed by atoms with Crippen LogP contribution in [0.5, 0.6) is 5.75 Å². The van der Waals surface area contributed by atoms with E-state index in [0.717, 1.165) is 30.4 Å². The normalized spacial score (nSPS) is 25.9. The molecule has 22 heteroatoms. The van der Waals surface area contributed by atoms with Crippen LogP contribution >= 0.6 is 23.2 Å². The number of epoxide rings is 1. The van der Waals surface area contributed by atoms with Crippen molar-refractivity contribution in [3.05, 3.63) is 75.3 Å². The molecule has 83 heavy (non-hydrogen) atoms. The fraction of sp³-hybridized carbons (Fsp3) is 0.607. The maximum Gasteiger partial charge on any atom is 0.412 e. The van der Waals surface area contributed by atoms with Gasteiger partial charge in [0.2, 0.25) is 11.8 Å². The van der Waals surface area contributed by atoms with Gasteiger partial charge in [-0.25, -0.2) is 9.59 Å². The molecule has 2 aromatic carbocycles. The number of nitrogens with two attached hydrogens (primary N) is 1. The lowest BCUT2D eigenvalue weighted by molar-refractivity contribution is -0.187. The average molecular weight is 1200 g/mol. The van der Waals surface area contributed by atoms with Crippen LogP contribution < -0.4 is 31.3 Å². The van der Waals surface area contributed by atoms with Gasteiger partial charge in [-0.3, -0.25) is 34.1 Å². The summed E-state index contributed by atoms with van der Waals surface area (Å²) >= 11 is 13.6. The van der Waals surface area contributed by atoms with Crippen molar-refractivity contribution in [1.29, 1.82) is 0 Å². The minimum atomic E-state index is -1.65. The number of nitrogens with one attached hydrogen (secondary N) is 3. The van der Waals surface area contributed by atoms with Gasteiger partial charge in [0.1, 0.15) is 46.1 Å². The van der Waals surface area contributed by atoms with E-state index in [1.54, 1.807) is 51.2 Å². The number of esters is 2. The predicted octanol–water partition coefficient (Wildman–Crippen LogP) is 8.84. The van der Waals surface area contributed by atoms with Gasteiger partial charge in [0.15, 0.2) is 5.78 Å². The number of ketones is 2. The van der Waals surface area contributed by atoms with Gasteiger partial charge in [-0.1, -0.05) is 80.3 Å². The molecule has 456 valence electrons. The molecular formula is C61H83Cl2N5O15. The summed E-state index contributed by atoms with van der Waals surface area (Å²) in [7, 11) is 4.46. The van der Waals surface area contributed by atoms with Gasteiger partial charge in [-0.05, 0) is 113 Å². The van der Waals surface area contributed by atoms with Crippen LogP contribution in [0.4, 0.5) is 21.0 Å². The number of ether oxygens (including phenoxy) is 6. The van der Waals surface area contributed by atoms with Crippen LogP contribution in [0.3, 0.4) is 0 Å². The minimum Gasteiger partial charge on any atom is -0.495 e. The number of halogens is 2. The number of benzene rings is 2. The van der Waals surface area contributed by atoms with E-state index in [9.17, 15) is 43.5 Å². The second-order valence-electron chi connectivity index (χ2n) is 23.3. The molecule has 20 nitrogen and oxygen atoms in total. The van der Waals surface area contributed by atoms with Crippen molar-refractivity contribution in [3.63, 3.8) is 0 Å². The Morgan fingerprint density at radius 2 is 1.73 bits per heavy atom. The van der Waals surface area contributed by atoms with Gasteiger partial charge in [-0.2, -0.15) is 0 Å². The zero-order valence-electron chi connectivity index (χ0n) is 49.1. The molecule has 4 bridgehead atoms. The van der Waals surface area contributed by atoms with Crippen molar-refractivity contribution in [2.24, 2.45) is 29.4 Å². The summed E-state index contributed by atoms with van der Waals surface area (Å²) in [5.74, 6) is -3.48. The highest BCUT2D eigenvalue weighted by atomic mass is 35.5. The molecule has 6 rings (SSSR count). The molecule has 4 aliphatic rings.